The van der Waals surface area contributed by atoms with Crippen molar-refractivity contribution >= 4 is 11.9 Å². The molecule has 9 nitrogen and oxygen atoms in total. The van der Waals surface area contributed by atoms with Crippen LogP contribution in [-0.4, -0.2) is 62.7 Å². The van der Waals surface area contributed by atoms with Gasteiger partial charge in [-0.2, -0.15) is 0 Å². The van der Waals surface area contributed by atoms with Crippen molar-refractivity contribution in [3.05, 3.63) is 234 Å². The van der Waals surface area contributed by atoms with Gasteiger partial charge in [-0.3, -0.25) is 4.79 Å². The summed E-state index contributed by atoms with van der Waals surface area (Å²) in [5, 5.41) is 17.5. The van der Waals surface area contributed by atoms with Gasteiger partial charge >= 0.3 is 5.97 Å². The van der Waals surface area contributed by atoms with Crippen molar-refractivity contribution in [2.24, 2.45) is 0 Å². The summed E-state index contributed by atoms with van der Waals surface area (Å²) in [7, 11) is 1.38. The first-order valence-corrected chi connectivity index (χ1v) is 20.9. The normalized spacial score (nSPS) is 15.1. The van der Waals surface area contributed by atoms with E-state index in [0.29, 0.717) is 25.3 Å². The Kier molecular flexibility index (Phi) is 11.6. The van der Waals surface area contributed by atoms with E-state index in [1.165, 1.54) is 7.11 Å². The number of carbonyl (C=O) groups excluding carboxylic acids is 2. The van der Waals surface area contributed by atoms with Crippen LogP contribution in [0.1, 0.15) is 45.7 Å². The molecule has 1 aliphatic rings. The Morgan fingerprint density at radius 2 is 1.13 bits per heavy atom. The molecule has 0 aliphatic carbocycles. The minimum Gasteiger partial charge on any atom is -0.467 e. The molecule has 9 heteroatoms. The van der Waals surface area contributed by atoms with E-state index < -0.39 is 23.5 Å². The van der Waals surface area contributed by atoms with E-state index in [-0.39, 0.29) is 11.9 Å². The third-order valence-corrected chi connectivity index (χ3v) is 12.0. The van der Waals surface area contributed by atoms with E-state index in [9.17, 15) is 9.59 Å². The molecule has 7 aromatic carbocycles. The third-order valence-electron chi connectivity index (χ3n) is 12.0. The molecular weight excluding hydrogens is 769 g/mol. The van der Waals surface area contributed by atoms with Gasteiger partial charge < -0.3 is 15.0 Å². The Labute approximate surface area is 361 Å². The number of methoxy groups -OCH3 is 1. The summed E-state index contributed by atoms with van der Waals surface area (Å²) in [6, 6.07) is 66.5. The molecule has 0 saturated carbocycles. The Morgan fingerprint density at radius 3 is 1.65 bits per heavy atom. The average molecular weight is 815 g/mol. The van der Waals surface area contributed by atoms with Crippen molar-refractivity contribution < 1.29 is 14.3 Å². The first kappa shape index (κ1) is 39.9. The van der Waals surface area contributed by atoms with Gasteiger partial charge in [-0.25, -0.2) is 9.48 Å². The van der Waals surface area contributed by atoms with E-state index in [1.807, 2.05) is 95.7 Å². The number of nitrogens with zero attached hydrogens (tertiary/aromatic N) is 5. The zero-order chi connectivity index (χ0) is 42.3. The number of esters is 1. The van der Waals surface area contributed by atoms with Crippen LogP contribution >= 0.6 is 0 Å². The van der Waals surface area contributed by atoms with Crippen molar-refractivity contribution in [1.29, 1.82) is 0 Å². The Bertz CT molecular complexity index is 2590. The summed E-state index contributed by atoms with van der Waals surface area (Å²) in [6.45, 7) is 0.931. The second-order valence-electron chi connectivity index (χ2n) is 15.6. The summed E-state index contributed by atoms with van der Waals surface area (Å²) < 4.78 is 7.19. The van der Waals surface area contributed by atoms with Gasteiger partial charge in [0.1, 0.15) is 11.6 Å². The van der Waals surface area contributed by atoms with Gasteiger partial charge in [-0.1, -0.05) is 200 Å². The lowest BCUT2D eigenvalue weighted by Crippen LogP contribution is -2.44. The Balaban J connectivity index is 0.989. The minimum atomic E-state index is -0.886. The number of amides is 1. The molecule has 8 aromatic rings. The van der Waals surface area contributed by atoms with Gasteiger partial charge in [0.2, 0.25) is 5.91 Å². The highest BCUT2D eigenvalue weighted by Crippen LogP contribution is 2.43. The zero-order valence-corrected chi connectivity index (χ0v) is 34.4. The molecule has 1 fully saturated rings. The topological polar surface area (TPSA) is 102 Å². The number of tetrazole rings is 1. The van der Waals surface area contributed by atoms with Crippen LogP contribution < -0.4 is 5.32 Å². The molecule has 0 spiro atoms. The fraction of sp³-hybridized carbons (Fsp3) is 0.151. The van der Waals surface area contributed by atoms with Crippen molar-refractivity contribution in [2.75, 3.05) is 13.7 Å². The first-order chi connectivity index (χ1) is 30.6. The number of benzene rings is 7. The molecule has 1 aromatic heterocycles. The molecule has 306 valence electrons. The standard InChI is InChI=1S/C53H46N6O3/c1-62-52(61)48-35-45(37-58(48)51(60)49(40-19-7-2-8-20-40)41-21-9-3-10-22-41)54-36-38-31-33-39(34-32-38)46-29-17-18-30-47(46)50-55-56-57-59(50)53(42-23-11-4-12-24-42,43-25-13-5-14-26-43)44-27-15-6-16-28-44/h2-34,45,48-49,54H,35-37H2,1H3/t45-,48-/m0/s1. The van der Waals surface area contributed by atoms with E-state index in [1.54, 1.807) is 4.90 Å². The summed E-state index contributed by atoms with van der Waals surface area (Å²) in [5.41, 5.74) is 7.92. The van der Waals surface area contributed by atoms with Crippen molar-refractivity contribution in [3.8, 4) is 22.5 Å². The van der Waals surface area contributed by atoms with Gasteiger partial charge in [0.25, 0.3) is 0 Å². The second kappa shape index (κ2) is 18.0. The molecule has 9 rings (SSSR count). The average Bonchev–Trinajstić information content (AvgIpc) is 4.02. The minimum absolute atomic E-state index is 0.117. The monoisotopic (exact) mass is 814 g/mol. The highest BCUT2D eigenvalue weighted by Gasteiger charge is 2.44. The fourth-order valence-electron chi connectivity index (χ4n) is 9.00. The lowest BCUT2D eigenvalue weighted by Gasteiger charge is -2.36. The largest absolute Gasteiger partial charge is 0.467 e. The predicted octanol–water partition coefficient (Wildman–Crippen LogP) is 8.91. The van der Waals surface area contributed by atoms with Crippen molar-refractivity contribution in [3.63, 3.8) is 0 Å². The summed E-state index contributed by atoms with van der Waals surface area (Å²) >= 11 is 0. The highest BCUT2D eigenvalue weighted by molar-refractivity contribution is 5.91. The maximum atomic E-state index is 14.5. The molecule has 0 unspecified atom stereocenters. The summed E-state index contributed by atoms with van der Waals surface area (Å²) in [5.74, 6) is -0.449. The number of hydrogen-bond acceptors (Lipinski definition) is 7. The van der Waals surface area contributed by atoms with Gasteiger partial charge in [0.05, 0.1) is 13.0 Å². The number of rotatable bonds is 13. The highest BCUT2D eigenvalue weighted by atomic mass is 16.5. The van der Waals surface area contributed by atoms with Crippen LogP contribution in [0.25, 0.3) is 22.5 Å². The van der Waals surface area contributed by atoms with Crippen LogP contribution in [-0.2, 0) is 26.4 Å². The number of aromatic nitrogens is 4. The third kappa shape index (κ3) is 7.70. The Morgan fingerprint density at radius 1 is 0.645 bits per heavy atom. The van der Waals surface area contributed by atoms with Crippen LogP contribution in [0.15, 0.2) is 200 Å². The number of ether oxygens (including phenoxy) is 1. The molecule has 0 radical (unpaired) electrons. The smallest absolute Gasteiger partial charge is 0.328 e. The van der Waals surface area contributed by atoms with Crippen LogP contribution in [0, 0.1) is 0 Å². The van der Waals surface area contributed by atoms with E-state index in [0.717, 1.165) is 50.1 Å². The van der Waals surface area contributed by atoms with Gasteiger partial charge in [0.15, 0.2) is 5.82 Å². The molecule has 0 bridgehead atoms. The molecule has 2 atom stereocenters. The fourth-order valence-corrected chi connectivity index (χ4v) is 9.00. The second-order valence-corrected chi connectivity index (χ2v) is 15.6. The molecular formula is C53H46N6O3. The van der Waals surface area contributed by atoms with Crippen molar-refractivity contribution in [1.82, 2.24) is 30.4 Å². The predicted molar refractivity (Wildman–Crippen MR) is 241 cm³/mol. The van der Waals surface area contributed by atoms with Gasteiger partial charge in [-0.15, -0.1) is 5.10 Å². The number of hydrogen-bond donors (Lipinski definition) is 1. The van der Waals surface area contributed by atoms with Gasteiger partial charge in [-0.05, 0) is 61.4 Å². The number of nitrogens with one attached hydrogen (secondary N) is 1. The molecule has 1 amide bonds. The van der Waals surface area contributed by atoms with Gasteiger partial charge in [0, 0.05) is 24.7 Å². The van der Waals surface area contributed by atoms with Crippen molar-refractivity contribution in [2.45, 2.75) is 36.5 Å². The van der Waals surface area contributed by atoms with Crippen LogP contribution in [0.4, 0.5) is 0 Å². The number of carbonyl (C=O) groups is 2. The van der Waals surface area contributed by atoms with Crippen LogP contribution in [0.3, 0.4) is 0 Å². The molecule has 62 heavy (non-hydrogen) atoms. The zero-order valence-electron chi connectivity index (χ0n) is 34.4. The molecule has 2 heterocycles. The lowest BCUT2D eigenvalue weighted by molar-refractivity contribution is -0.151. The van der Waals surface area contributed by atoms with E-state index in [2.05, 4.69) is 120 Å². The lowest BCUT2D eigenvalue weighted by atomic mass is 9.77. The first-order valence-electron chi connectivity index (χ1n) is 20.9. The van der Waals surface area contributed by atoms with Crippen LogP contribution in [0.5, 0.6) is 0 Å². The summed E-state index contributed by atoms with van der Waals surface area (Å²) in [4.78, 5) is 29.3. The summed E-state index contributed by atoms with van der Waals surface area (Å²) in [6.07, 6.45) is 0.450. The maximum absolute atomic E-state index is 14.5. The molecule has 1 aliphatic heterocycles. The quantitative estimate of drug-likeness (QED) is 0.0917. The van der Waals surface area contributed by atoms with E-state index in [4.69, 9.17) is 15.0 Å². The molecule has 1 N–H and O–H groups in total. The van der Waals surface area contributed by atoms with E-state index >= 15 is 0 Å². The molecule has 1 saturated heterocycles. The maximum Gasteiger partial charge on any atom is 0.328 e. The SMILES string of the molecule is COC(=O)[C@@H]1C[C@H](NCc2ccc(-c3ccccc3-c3nnnn3C(c3ccccc3)(c3ccccc3)c3ccccc3)cc2)CN1C(=O)C(c1ccccc1)c1ccccc1. The van der Waals surface area contributed by atoms with Crippen LogP contribution in [0.2, 0.25) is 0 Å². The number of likely N-dealkylation sites (tertiary alicyclic amines) is 1. The Hall–Kier alpha value is -7.49.